The average Bonchev–Trinajstić information content (AvgIpc) is 3.43. The Morgan fingerprint density at radius 1 is 0.681 bits per heavy atom. The smallest absolute Gasteiger partial charge is 0.148 e. The molecule has 0 fully saturated rings. The Bertz CT molecular complexity index is 2240. The summed E-state index contributed by atoms with van der Waals surface area (Å²) in [6.45, 7) is 13.4. The molecule has 4 nitrogen and oxygen atoms in total. The van der Waals surface area contributed by atoms with E-state index in [1.165, 1.54) is 11.1 Å². The third-order valence-corrected chi connectivity index (χ3v) is 8.75. The van der Waals surface area contributed by atoms with Crippen molar-refractivity contribution in [1.82, 2.24) is 14.5 Å². The van der Waals surface area contributed by atoms with Crippen LogP contribution in [-0.2, 0) is 31.9 Å². The predicted octanol–water partition coefficient (Wildman–Crippen LogP) is 10.7. The fourth-order valence-electron chi connectivity index (χ4n) is 6.12. The van der Waals surface area contributed by atoms with Gasteiger partial charge in [-0.25, -0.2) is 4.98 Å². The maximum Gasteiger partial charge on any atom is 0.148 e. The molecule has 0 amide bonds. The number of hydrogen-bond acceptors (Lipinski definition) is 3. The molecule has 0 aliphatic heterocycles. The van der Waals surface area contributed by atoms with Gasteiger partial charge in [0.15, 0.2) is 0 Å². The molecular formula is C42H38N3OPt-. The van der Waals surface area contributed by atoms with E-state index >= 15 is 0 Å². The van der Waals surface area contributed by atoms with Crippen molar-refractivity contribution in [1.29, 1.82) is 0 Å². The van der Waals surface area contributed by atoms with E-state index < -0.39 is 0 Å². The molecule has 7 rings (SSSR count). The van der Waals surface area contributed by atoms with Gasteiger partial charge in [0.05, 0.1) is 16.6 Å². The van der Waals surface area contributed by atoms with Gasteiger partial charge in [-0.05, 0) is 58.4 Å². The quantitative estimate of drug-likeness (QED) is 0.181. The van der Waals surface area contributed by atoms with Gasteiger partial charge >= 0.3 is 0 Å². The second-order valence-electron chi connectivity index (χ2n) is 14.1. The topological polar surface area (TPSA) is 50.9 Å². The zero-order chi connectivity index (χ0) is 32.2. The number of aromatic hydroxyl groups is 1. The van der Waals surface area contributed by atoms with E-state index in [1.54, 1.807) is 6.07 Å². The van der Waals surface area contributed by atoms with Crippen LogP contribution < -0.4 is 0 Å². The van der Waals surface area contributed by atoms with E-state index in [0.717, 1.165) is 49.9 Å². The van der Waals surface area contributed by atoms with Crippen LogP contribution in [0.2, 0.25) is 0 Å². The first-order valence-electron chi connectivity index (χ1n) is 15.8. The Hall–Kier alpha value is -4.53. The summed E-state index contributed by atoms with van der Waals surface area (Å²) in [6.07, 6.45) is 1.90. The van der Waals surface area contributed by atoms with Gasteiger partial charge in [-0.2, -0.15) is 0 Å². The number of pyridine rings is 1. The molecule has 47 heavy (non-hydrogen) atoms. The fraction of sp³-hybridized carbons (Fsp3) is 0.190. The normalized spacial score (nSPS) is 12.0. The number of phenolic OH excluding ortho intramolecular Hbond substituents is 1. The second-order valence-corrected chi connectivity index (χ2v) is 14.1. The summed E-state index contributed by atoms with van der Waals surface area (Å²) >= 11 is 0. The van der Waals surface area contributed by atoms with Crippen LogP contribution in [0, 0.1) is 6.07 Å². The molecule has 0 saturated carbocycles. The summed E-state index contributed by atoms with van der Waals surface area (Å²) in [7, 11) is 0. The first-order chi connectivity index (χ1) is 22.0. The first kappa shape index (κ1) is 32.4. The van der Waals surface area contributed by atoms with Gasteiger partial charge in [-0.1, -0.05) is 130 Å². The predicted molar refractivity (Wildman–Crippen MR) is 191 cm³/mol. The third kappa shape index (κ3) is 6.03. The van der Waals surface area contributed by atoms with E-state index in [1.807, 2.05) is 42.6 Å². The van der Waals surface area contributed by atoms with Gasteiger partial charge < -0.3 is 5.11 Å². The number of nitrogens with zero attached hydrogens (tertiary/aromatic N) is 3. The zero-order valence-electron chi connectivity index (χ0n) is 27.6. The van der Waals surface area contributed by atoms with Crippen molar-refractivity contribution in [2.75, 3.05) is 0 Å². The summed E-state index contributed by atoms with van der Waals surface area (Å²) in [5.41, 5.74) is 9.57. The van der Waals surface area contributed by atoms with Crippen molar-refractivity contribution in [3.05, 3.63) is 133 Å². The van der Waals surface area contributed by atoms with Crippen LogP contribution in [0.5, 0.6) is 5.75 Å². The Kier molecular flexibility index (Phi) is 8.44. The van der Waals surface area contributed by atoms with Crippen LogP contribution in [0.3, 0.4) is 0 Å². The van der Waals surface area contributed by atoms with Crippen molar-refractivity contribution in [2.45, 2.75) is 52.4 Å². The molecule has 7 aromatic rings. The van der Waals surface area contributed by atoms with E-state index in [9.17, 15) is 5.11 Å². The van der Waals surface area contributed by atoms with Crippen molar-refractivity contribution in [3.8, 4) is 45.2 Å². The zero-order valence-corrected chi connectivity index (χ0v) is 29.8. The van der Waals surface area contributed by atoms with Crippen LogP contribution in [0.15, 0.2) is 115 Å². The first-order valence-corrected chi connectivity index (χ1v) is 15.8. The Morgan fingerprint density at radius 2 is 1.36 bits per heavy atom. The molecule has 0 aliphatic carbocycles. The maximum atomic E-state index is 11.0. The SMILES string of the molecule is CC(C)(C)c1ccnc(-c2[c-]c(-c3cc(C(C)(C)C)cc4c3nc(-c3ccccc3O)n4-c3ccccc3)c3ccccc3c2)c1.[Pt]. The Balaban J connectivity index is 0.00000386. The summed E-state index contributed by atoms with van der Waals surface area (Å²) in [4.78, 5) is 10.2. The van der Waals surface area contributed by atoms with Crippen molar-refractivity contribution < 1.29 is 26.2 Å². The molecule has 1 N–H and O–H groups in total. The monoisotopic (exact) mass is 795 g/mol. The minimum absolute atomic E-state index is 0. The third-order valence-electron chi connectivity index (χ3n) is 8.75. The van der Waals surface area contributed by atoms with Gasteiger partial charge in [0.2, 0.25) is 0 Å². The molecule has 0 spiro atoms. The molecule has 0 unspecified atom stereocenters. The van der Waals surface area contributed by atoms with E-state index in [4.69, 9.17) is 9.97 Å². The average molecular weight is 796 g/mol. The Morgan fingerprint density at radius 3 is 2.09 bits per heavy atom. The van der Waals surface area contributed by atoms with Crippen LogP contribution >= 0.6 is 0 Å². The fourth-order valence-corrected chi connectivity index (χ4v) is 6.12. The molecule has 0 bridgehead atoms. The van der Waals surface area contributed by atoms with E-state index in [0.29, 0.717) is 11.4 Å². The molecule has 5 heteroatoms. The number of rotatable bonds is 4. The number of fused-ring (bicyclic) bond motifs is 2. The van der Waals surface area contributed by atoms with Crippen LogP contribution in [-0.4, -0.2) is 19.6 Å². The standard InChI is InChI=1S/C42H38N3O.Pt/c1-41(2,3)29-20-21-43-36(25-29)28-22-27-14-10-11-17-32(27)34(23-28)35-24-30(42(4,5)6)26-37-39(35)44-40(33-18-12-13-19-38(33)46)45(37)31-15-8-7-9-16-31;/h7-22,24-26,46H,1-6H3;/q-1;. The number of aromatic nitrogens is 3. The largest absolute Gasteiger partial charge is 0.507 e. The molecule has 2 aromatic heterocycles. The van der Waals surface area contributed by atoms with Gasteiger partial charge in [0, 0.05) is 38.6 Å². The van der Waals surface area contributed by atoms with Gasteiger partial charge in [0.1, 0.15) is 11.6 Å². The minimum atomic E-state index is -0.139. The molecular weight excluding hydrogens is 758 g/mol. The summed E-state index contributed by atoms with van der Waals surface area (Å²) < 4.78 is 2.17. The summed E-state index contributed by atoms with van der Waals surface area (Å²) in [6, 6.07) is 41.0. The number of imidazole rings is 1. The number of phenols is 1. The van der Waals surface area contributed by atoms with E-state index in [-0.39, 0.29) is 37.6 Å². The minimum Gasteiger partial charge on any atom is -0.507 e. The molecule has 2 heterocycles. The van der Waals surface area contributed by atoms with Gasteiger partial charge in [0.25, 0.3) is 0 Å². The van der Waals surface area contributed by atoms with Crippen molar-refractivity contribution >= 4 is 21.8 Å². The van der Waals surface area contributed by atoms with E-state index in [2.05, 4.69) is 119 Å². The molecule has 0 radical (unpaired) electrons. The maximum absolute atomic E-state index is 11.0. The number of para-hydroxylation sites is 2. The molecule has 5 aromatic carbocycles. The van der Waals surface area contributed by atoms with Crippen LogP contribution in [0.1, 0.15) is 52.7 Å². The van der Waals surface area contributed by atoms with Crippen LogP contribution in [0.25, 0.3) is 61.3 Å². The summed E-state index contributed by atoms with van der Waals surface area (Å²) in [5, 5.41) is 13.3. The number of benzene rings is 5. The van der Waals surface area contributed by atoms with Crippen molar-refractivity contribution in [3.63, 3.8) is 0 Å². The van der Waals surface area contributed by atoms with Crippen LogP contribution in [0.4, 0.5) is 0 Å². The number of hydrogen-bond donors (Lipinski definition) is 1. The van der Waals surface area contributed by atoms with Gasteiger partial charge in [-0.3, -0.25) is 9.55 Å². The second kappa shape index (κ2) is 12.2. The molecule has 0 aliphatic rings. The summed E-state index contributed by atoms with van der Waals surface area (Å²) in [5.74, 6) is 0.878. The molecule has 0 saturated heterocycles. The van der Waals surface area contributed by atoms with Gasteiger partial charge in [-0.15, -0.1) is 17.7 Å². The molecule has 0 atom stereocenters. The molecule has 238 valence electrons. The Labute approximate surface area is 291 Å². The van der Waals surface area contributed by atoms with Crippen molar-refractivity contribution in [2.24, 2.45) is 0 Å².